The molecule has 4 rings (SSSR count). The van der Waals surface area contributed by atoms with E-state index >= 15 is 0 Å². The summed E-state index contributed by atoms with van der Waals surface area (Å²) >= 11 is 2.29. The fraction of sp³-hybridized carbons (Fsp3) is 0.200. The van der Waals surface area contributed by atoms with E-state index in [-0.39, 0.29) is 34.8 Å². The standard InChI is InChI=1S/C20H17N5O6S2/c1-11-2-4-13(7-14(11)25(28)29)18(27)22-19-23-24-20(33-19)32-9-17(26)21-8-12-3-5-15-16(6-12)31-10-30-15/h2-7H,8-10H2,1H3,(H,21,26)(H,22,23,27). The minimum absolute atomic E-state index is 0.122. The van der Waals surface area contributed by atoms with Crippen molar-refractivity contribution in [1.29, 1.82) is 0 Å². The van der Waals surface area contributed by atoms with Crippen LogP contribution in [0.4, 0.5) is 10.8 Å². The number of rotatable bonds is 8. The second-order valence-electron chi connectivity index (χ2n) is 6.84. The molecule has 0 saturated carbocycles. The summed E-state index contributed by atoms with van der Waals surface area (Å²) in [5.41, 5.74) is 1.35. The second kappa shape index (κ2) is 9.83. The van der Waals surface area contributed by atoms with Crippen LogP contribution >= 0.6 is 23.1 Å². The highest BCUT2D eigenvalue weighted by molar-refractivity contribution is 8.01. The first-order chi connectivity index (χ1) is 15.9. The summed E-state index contributed by atoms with van der Waals surface area (Å²) in [5.74, 6) is 0.731. The van der Waals surface area contributed by atoms with Crippen molar-refractivity contribution in [2.45, 2.75) is 17.8 Å². The molecular weight excluding hydrogens is 470 g/mol. The number of ether oxygens (including phenoxy) is 2. The lowest BCUT2D eigenvalue weighted by Gasteiger charge is -2.05. The molecule has 0 aliphatic carbocycles. The molecular formula is C20H17N5O6S2. The number of amides is 2. The Balaban J connectivity index is 1.26. The van der Waals surface area contributed by atoms with Crippen LogP contribution < -0.4 is 20.1 Å². The number of hydrogen-bond acceptors (Lipinski definition) is 10. The van der Waals surface area contributed by atoms with Gasteiger partial charge in [0.05, 0.1) is 10.7 Å². The molecule has 0 unspecified atom stereocenters. The van der Waals surface area contributed by atoms with Gasteiger partial charge in [-0.05, 0) is 30.7 Å². The molecule has 1 aromatic heterocycles. The molecule has 1 aliphatic rings. The Morgan fingerprint density at radius 1 is 1.18 bits per heavy atom. The lowest BCUT2D eigenvalue weighted by Crippen LogP contribution is -2.24. The van der Waals surface area contributed by atoms with Gasteiger partial charge in [-0.15, -0.1) is 10.2 Å². The SMILES string of the molecule is Cc1ccc(C(=O)Nc2nnc(SCC(=O)NCc3ccc4c(c3)OCO4)s2)cc1[N+](=O)[O-]. The second-order valence-corrected chi connectivity index (χ2v) is 9.04. The normalized spacial score (nSPS) is 11.8. The molecule has 13 heteroatoms. The summed E-state index contributed by atoms with van der Waals surface area (Å²) in [6, 6.07) is 9.69. The zero-order valence-corrected chi connectivity index (χ0v) is 18.8. The van der Waals surface area contributed by atoms with Crippen molar-refractivity contribution in [3.63, 3.8) is 0 Å². The maximum Gasteiger partial charge on any atom is 0.273 e. The smallest absolute Gasteiger partial charge is 0.273 e. The summed E-state index contributed by atoms with van der Waals surface area (Å²) < 4.78 is 11.1. The Morgan fingerprint density at radius 3 is 2.82 bits per heavy atom. The van der Waals surface area contributed by atoms with Gasteiger partial charge in [-0.1, -0.05) is 35.2 Å². The Kier molecular flexibility index (Phi) is 6.70. The number of nitrogens with one attached hydrogen (secondary N) is 2. The number of aromatic nitrogens is 2. The van der Waals surface area contributed by atoms with Crippen LogP contribution in [0.5, 0.6) is 11.5 Å². The highest BCUT2D eigenvalue weighted by atomic mass is 32.2. The number of carbonyl (C=O) groups is 2. The van der Waals surface area contributed by atoms with Gasteiger partial charge in [0, 0.05) is 23.7 Å². The van der Waals surface area contributed by atoms with Gasteiger partial charge in [-0.2, -0.15) is 0 Å². The first kappa shape index (κ1) is 22.5. The molecule has 2 N–H and O–H groups in total. The molecule has 0 fully saturated rings. The van der Waals surface area contributed by atoms with Gasteiger partial charge in [0.1, 0.15) is 0 Å². The lowest BCUT2D eigenvalue weighted by atomic mass is 10.1. The number of aryl methyl sites for hydroxylation is 1. The average molecular weight is 488 g/mol. The van der Waals surface area contributed by atoms with E-state index in [9.17, 15) is 19.7 Å². The van der Waals surface area contributed by atoms with Crippen LogP contribution in [0.3, 0.4) is 0 Å². The highest BCUT2D eigenvalue weighted by Gasteiger charge is 2.17. The predicted octanol–water partition coefficient (Wildman–Crippen LogP) is 3.14. The number of anilines is 1. The minimum Gasteiger partial charge on any atom is -0.454 e. The van der Waals surface area contributed by atoms with Gasteiger partial charge < -0.3 is 14.8 Å². The number of fused-ring (bicyclic) bond motifs is 1. The van der Waals surface area contributed by atoms with Crippen molar-refractivity contribution in [3.05, 3.63) is 63.2 Å². The molecule has 2 heterocycles. The van der Waals surface area contributed by atoms with Crippen LogP contribution in [-0.4, -0.2) is 39.5 Å². The third kappa shape index (κ3) is 5.56. The maximum atomic E-state index is 12.4. The number of benzene rings is 2. The molecule has 170 valence electrons. The number of nitro benzene ring substituents is 1. The summed E-state index contributed by atoms with van der Waals surface area (Å²) in [5, 5.41) is 24.5. The van der Waals surface area contributed by atoms with Crippen molar-refractivity contribution < 1.29 is 24.0 Å². The summed E-state index contributed by atoms with van der Waals surface area (Å²) in [4.78, 5) is 35.1. The zero-order valence-electron chi connectivity index (χ0n) is 17.2. The molecule has 11 nitrogen and oxygen atoms in total. The van der Waals surface area contributed by atoms with E-state index < -0.39 is 10.8 Å². The maximum absolute atomic E-state index is 12.4. The molecule has 2 amide bonds. The van der Waals surface area contributed by atoms with Crippen LogP contribution in [0, 0.1) is 17.0 Å². The van der Waals surface area contributed by atoms with Crippen LogP contribution in [0.15, 0.2) is 40.7 Å². The van der Waals surface area contributed by atoms with Gasteiger partial charge >= 0.3 is 0 Å². The average Bonchev–Trinajstić information content (AvgIpc) is 3.45. The third-order valence-corrected chi connectivity index (χ3v) is 6.52. The Bertz CT molecular complexity index is 1230. The predicted molar refractivity (Wildman–Crippen MR) is 121 cm³/mol. The largest absolute Gasteiger partial charge is 0.454 e. The number of hydrogen-bond donors (Lipinski definition) is 2. The molecule has 3 aromatic rings. The monoisotopic (exact) mass is 487 g/mol. The van der Waals surface area contributed by atoms with Gasteiger partial charge in [0.2, 0.25) is 17.8 Å². The van der Waals surface area contributed by atoms with E-state index in [1.54, 1.807) is 13.0 Å². The summed E-state index contributed by atoms with van der Waals surface area (Å²) in [6.07, 6.45) is 0. The summed E-state index contributed by atoms with van der Waals surface area (Å²) in [7, 11) is 0. The number of carbonyl (C=O) groups excluding carboxylic acids is 2. The van der Waals surface area contributed by atoms with Crippen molar-refractivity contribution >= 4 is 45.7 Å². The van der Waals surface area contributed by atoms with E-state index in [2.05, 4.69) is 20.8 Å². The molecule has 0 atom stereocenters. The van der Waals surface area contributed by atoms with Crippen LogP contribution in [0.1, 0.15) is 21.5 Å². The lowest BCUT2D eigenvalue weighted by molar-refractivity contribution is -0.385. The van der Waals surface area contributed by atoms with Crippen molar-refractivity contribution in [1.82, 2.24) is 15.5 Å². The Labute approximate surface area is 195 Å². The van der Waals surface area contributed by atoms with E-state index in [0.29, 0.717) is 27.9 Å². The fourth-order valence-electron chi connectivity index (χ4n) is 2.87. The van der Waals surface area contributed by atoms with Crippen molar-refractivity contribution in [2.75, 3.05) is 17.9 Å². The zero-order chi connectivity index (χ0) is 23.4. The number of nitro groups is 1. The van der Waals surface area contributed by atoms with Crippen LogP contribution in [0.25, 0.3) is 0 Å². The van der Waals surface area contributed by atoms with E-state index in [4.69, 9.17) is 9.47 Å². The molecule has 1 aliphatic heterocycles. The number of thioether (sulfide) groups is 1. The van der Waals surface area contributed by atoms with Crippen molar-refractivity contribution in [2.24, 2.45) is 0 Å². The Morgan fingerprint density at radius 2 is 2.00 bits per heavy atom. The quantitative estimate of drug-likeness (QED) is 0.212. The first-order valence-corrected chi connectivity index (χ1v) is 11.4. The molecule has 2 aromatic carbocycles. The number of nitrogens with zero attached hydrogens (tertiary/aromatic N) is 3. The van der Waals surface area contributed by atoms with Gasteiger partial charge in [0.25, 0.3) is 11.6 Å². The van der Waals surface area contributed by atoms with Gasteiger partial charge in [0.15, 0.2) is 15.8 Å². The minimum atomic E-state index is -0.538. The molecule has 0 spiro atoms. The van der Waals surface area contributed by atoms with Gasteiger partial charge in [-0.25, -0.2) is 0 Å². The third-order valence-electron chi connectivity index (χ3n) is 4.55. The fourth-order valence-corrected chi connectivity index (χ4v) is 4.44. The highest BCUT2D eigenvalue weighted by Crippen LogP contribution is 2.32. The molecule has 0 bridgehead atoms. The molecule has 0 radical (unpaired) electrons. The molecule has 0 saturated heterocycles. The molecule has 33 heavy (non-hydrogen) atoms. The van der Waals surface area contributed by atoms with Gasteiger partial charge in [-0.3, -0.25) is 25.0 Å². The van der Waals surface area contributed by atoms with Crippen LogP contribution in [-0.2, 0) is 11.3 Å². The van der Waals surface area contributed by atoms with Crippen molar-refractivity contribution in [3.8, 4) is 11.5 Å². The topological polar surface area (TPSA) is 146 Å². The van der Waals surface area contributed by atoms with E-state index in [0.717, 1.165) is 16.9 Å². The summed E-state index contributed by atoms with van der Waals surface area (Å²) in [6.45, 7) is 2.13. The Hall–Kier alpha value is -3.71. The first-order valence-electron chi connectivity index (χ1n) is 9.57. The van der Waals surface area contributed by atoms with Crippen LogP contribution in [0.2, 0.25) is 0 Å². The van der Waals surface area contributed by atoms with E-state index in [1.165, 1.54) is 30.0 Å². The van der Waals surface area contributed by atoms with E-state index in [1.807, 2.05) is 12.1 Å².